The second-order valence-corrected chi connectivity index (χ2v) is 3.34. The summed E-state index contributed by atoms with van der Waals surface area (Å²) in [5.41, 5.74) is 4.58. The molecule has 1 nitrogen and oxygen atoms in total. The van der Waals surface area contributed by atoms with Gasteiger partial charge in [0.25, 0.3) is 0 Å². The smallest absolute Gasteiger partial charge is 0.0671 e. The van der Waals surface area contributed by atoms with E-state index in [1.807, 2.05) is 19.2 Å². The zero-order valence-electron chi connectivity index (χ0n) is 9.17. The van der Waals surface area contributed by atoms with Gasteiger partial charge in [0.2, 0.25) is 0 Å². The van der Waals surface area contributed by atoms with Crippen LogP contribution in [0, 0.1) is 6.92 Å². The average molecular weight is 187 g/mol. The van der Waals surface area contributed by atoms with E-state index in [0.717, 1.165) is 17.7 Å². The van der Waals surface area contributed by atoms with Crippen LogP contribution in [-0.4, -0.2) is 12.8 Å². The predicted octanol–water partition coefficient (Wildman–Crippen LogP) is 3.38. The molecule has 0 saturated carbocycles. The molecule has 1 heteroatoms. The van der Waals surface area contributed by atoms with E-state index in [2.05, 4.69) is 37.6 Å². The van der Waals surface area contributed by atoms with Gasteiger partial charge in [-0.1, -0.05) is 37.8 Å². The summed E-state index contributed by atoms with van der Waals surface area (Å²) in [6.07, 6.45) is 0.945. The average Bonchev–Trinajstić information content (AvgIpc) is 2.21. The van der Waals surface area contributed by atoms with Gasteiger partial charge in [-0.25, -0.2) is 0 Å². The second kappa shape index (κ2) is 4.75. The largest absolute Gasteiger partial charge is 0.288 e. The van der Waals surface area contributed by atoms with Crippen LogP contribution >= 0.6 is 0 Å². The number of hydrogen-bond acceptors (Lipinski definition) is 1. The summed E-state index contributed by atoms with van der Waals surface area (Å²) >= 11 is 0. The van der Waals surface area contributed by atoms with Gasteiger partial charge in [-0.3, -0.25) is 4.99 Å². The Morgan fingerprint density at radius 2 is 2.00 bits per heavy atom. The van der Waals surface area contributed by atoms with Crippen LogP contribution in [0.25, 0.3) is 0 Å². The van der Waals surface area contributed by atoms with Crippen molar-refractivity contribution in [2.45, 2.75) is 20.3 Å². The Bertz CT molecular complexity index is 361. The first kappa shape index (κ1) is 10.7. The fourth-order valence-electron chi connectivity index (χ4n) is 1.48. The van der Waals surface area contributed by atoms with Gasteiger partial charge in [-0.15, -0.1) is 0 Å². The number of benzene rings is 1. The first-order valence-electron chi connectivity index (χ1n) is 4.91. The van der Waals surface area contributed by atoms with Gasteiger partial charge in [0.1, 0.15) is 0 Å². The molecule has 0 spiro atoms. The summed E-state index contributed by atoms with van der Waals surface area (Å²) < 4.78 is 0. The van der Waals surface area contributed by atoms with Crippen molar-refractivity contribution in [1.29, 1.82) is 0 Å². The first-order chi connectivity index (χ1) is 6.70. The lowest BCUT2D eigenvalue weighted by molar-refractivity contribution is 1.17. The van der Waals surface area contributed by atoms with Crippen molar-refractivity contribution in [3.05, 3.63) is 47.5 Å². The third kappa shape index (κ3) is 2.11. The van der Waals surface area contributed by atoms with Gasteiger partial charge in [0.15, 0.2) is 0 Å². The molecule has 1 aromatic rings. The van der Waals surface area contributed by atoms with Crippen molar-refractivity contribution >= 4 is 5.71 Å². The molecule has 0 amide bonds. The summed E-state index contributed by atoms with van der Waals surface area (Å²) in [4.78, 5) is 4.31. The van der Waals surface area contributed by atoms with E-state index < -0.39 is 0 Å². The molecule has 0 heterocycles. The minimum Gasteiger partial charge on any atom is -0.288 e. The van der Waals surface area contributed by atoms with E-state index in [1.165, 1.54) is 11.1 Å². The molecule has 74 valence electrons. The van der Waals surface area contributed by atoms with Gasteiger partial charge in [0.05, 0.1) is 5.71 Å². The van der Waals surface area contributed by atoms with Crippen LogP contribution in [0.1, 0.15) is 24.5 Å². The molecule has 0 N–H and O–H groups in total. The summed E-state index contributed by atoms with van der Waals surface area (Å²) in [5.74, 6) is 0. The van der Waals surface area contributed by atoms with Crippen molar-refractivity contribution < 1.29 is 0 Å². The van der Waals surface area contributed by atoms with Crippen LogP contribution in [0.4, 0.5) is 0 Å². The quantitative estimate of drug-likeness (QED) is 0.643. The van der Waals surface area contributed by atoms with Gasteiger partial charge in [-0.05, 0) is 24.5 Å². The molecule has 0 aliphatic rings. The summed E-state index contributed by atoms with van der Waals surface area (Å²) in [5, 5.41) is 0. The molecule has 0 atom stereocenters. The maximum atomic E-state index is 4.31. The van der Waals surface area contributed by atoms with Crippen LogP contribution in [0.2, 0.25) is 0 Å². The number of aryl methyl sites for hydroxylation is 1. The van der Waals surface area contributed by atoms with E-state index in [1.54, 1.807) is 0 Å². The van der Waals surface area contributed by atoms with Crippen LogP contribution in [-0.2, 0) is 0 Å². The van der Waals surface area contributed by atoms with E-state index in [-0.39, 0.29) is 0 Å². The van der Waals surface area contributed by atoms with Crippen LogP contribution in [0.5, 0.6) is 0 Å². The number of aliphatic imine (C=N–C) groups is 1. The Morgan fingerprint density at radius 1 is 1.36 bits per heavy atom. The van der Waals surface area contributed by atoms with Gasteiger partial charge < -0.3 is 0 Å². The molecule has 1 rings (SSSR count). The van der Waals surface area contributed by atoms with Crippen molar-refractivity contribution in [3.8, 4) is 0 Å². The molecule has 0 fully saturated rings. The monoisotopic (exact) mass is 187 g/mol. The molecule has 0 aliphatic heterocycles. The van der Waals surface area contributed by atoms with Gasteiger partial charge in [-0.2, -0.15) is 0 Å². The Morgan fingerprint density at radius 3 is 2.50 bits per heavy atom. The van der Waals surface area contributed by atoms with Crippen LogP contribution < -0.4 is 0 Å². The lowest BCUT2D eigenvalue weighted by atomic mass is 9.98. The summed E-state index contributed by atoms with van der Waals surface area (Å²) in [6.45, 7) is 8.23. The summed E-state index contributed by atoms with van der Waals surface area (Å²) in [6, 6.07) is 8.28. The Balaban J connectivity index is 3.15. The molecule has 1 aromatic carbocycles. The minimum atomic E-state index is 0.945. The van der Waals surface area contributed by atoms with Crippen molar-refractivity contribution in [3.63, 3.8) is 0 Å². The van der Waals surface area contributed by atoms with E-state index in [0.29, 0.717) is 0 Å². The lowest BCUT2D eigenvalue weighted by Crippen LogP contribution is -2.05. The third-order valence-corrected chi connectivity index (χ3v) is 2.39. The Labute approximate surface area is 86.2 Å². The lowest BCUT2D eigenvalue weighted by Gasteiger charge is -2.09. The zero-order valence-corrected chi connectivity index (χ0v) is 9.17. The molecular formula is C13H17N. The number of rotatable bonds is 3. The van der Waals surface area contributed by atoms with Crippen molar-refractivity contribution in [2.24, 2.45) is 4.99 Å². The van der Waals surface area contributed by atoms with E-state index in [9.17, 15) is 0 Å². The number of nitrogens with zero attached hydrogens (tertiary/aromatic N) is 1. The van der Waals surface area contributed by atoms with Crippen molar-refractivity contribution in [2.75, 3.05) is 7.05 Å². The Hall–Kier alpha value is -1.37. The summed E-state index contributed by atoms with van der Waals surface area (Å²) in [7, 11) is 1.82. The molecular weight excluding hydrogens is 170 g/mol. The minimum absolute atomic E-state index is 0.945. The molecule has 0 aromatic heterocycles. The fourth-order valence-corrected chi connectivity index (χ4v) is 1.48. The molecule has 0 radical (unpaired) electrons. The number of hydrogen-bond donors (Lipinski definition) is 0. The van der Waals surface area contributed by atoms with Crippen LogP contribution in [0.15, 0.2) is 41.4 Å². The maximum absolute atomic E-state index is 4.31. The highest BCUT2D eigenvalue weighted by molar-refractivity contribution is 6.12. The standard InChI is InChI=1S/C13H17N/c1-5-10(2)13(14-4)12-9-7-6-8-11(12)3/h6-9H,2,5H2,1,3-4H3/b14-13-. The maximum Gasteiger partial charge on any atom is 0.0671 e. The first-order valence-corrected chi connectivity index (χ1v) is 4.91. The predicted molar refractivity (Wildman–Crippen MR) is 63.1 cm³/mol. The molecule has 0 saturated heterocycles. The number of allylic oxidation sites excluding steroid dienone is 1. The van der Waals surface area contributed by atoms with Crippen molar-refractivity contribution in [1.82, 2.24) is 0 Å². The molecule has 0 aliphatic carbocycles. The molecule has 0 unspecified atom stereocenters. The normalized spacial score (nSPS) is 11.5. The van der Waals surface area contributed by atoms with Gasteiger partial charge in [0, 0.05) is 12.6 Å². The van der Waals surface area contributed by atoms with E-state index >= 15 is 0 Å². The highest BCUT2D eigenvalue weighted by Gasteiger charge is 2.07. The topological polar surface area (TPSA) is 12.4 Å². The fraction of sp³-hybridized carbons (Fsp3) is 0.308. The molecule has 14 heavy (non-hydrogen) atoms. The third-order valence-electron chi connectivity index (χ3n) is 2.39. The van der Waals surface area contributed by atoms with Crippen LogP contribution in [0.3, 0.4) is 0 Å². The molecule has 0 bridgehead atoms. The second-order valence-electron chi connectivity index (χ2n) is 3.34. The van der Waals surface area contributed by atoms with E-state index in [4.69, 9.17) is 0 Å². The zero-order chi connectivity index (χ0) is 10.6. The Kier molecular flexibility index (Phi) is 3.63. The highest BCUT2D eigenvalue weighted by Crippen LogP contribution is 2.14. The highest BCUT2D eigenvalue weighted by atomic mass is 14.7. The SMILES string of the molecule is C=C(CC)/C(=N/C)c1ccccc1C. The van der Waals surface area contributed by atoms with Gasteiger partial charge >= 0.3 is 0 Å².